The Labute approximate surface area is 142 Å². The Bertz CT molecular complexity index is 906. The first-order valence-electron chi connectivity index (χ1n) is 7.44. The zero-order valence-corrected chi connectivity index (χ0v) is 13.2. The lowest BCUT2D eigenvalue weighted by molar-refractivity contribution is -0.131. The molecule has 25 heavy (non-hydrogen) atoms. The number of hydrogen-bond donors (Lipinski definition) is 1. The van der Waals surface area contributed by atoms with E-state index in [2.05, 4.69) is 5.32 Å². The van der Waals surface area contributed by atoms with Gasteiger partial charge in [0.25, 0.3) is 5.91 Å². The summed E-state index contributed by atoms with van der Waals surface area (Å²) >= 11 is 0. The van der Waals surface area contributed by atoms with Gasteiger partial charge in [0.15, 0.2) is 0 Å². The maximum atomic E-state index is 14.0. The van der Waals surface area contributed by atoms with Crippen LogP contribution in [0.15, 0.2) is 42.5 Å². The molecule has 5 nitrogen and oxygen atoms in total. The molecule has 0 aromatic heterocycles. The molecule has 3 amide bonds. The maximum Gasteiger partial charge on any atom is 0.325 e. The fourth-order valence-corrected chi connectivity index (χ4v) is 2.73. The second-order valence-electron chi connectivity index (χ2n) is 5.87. The van der Waals surface area contributed by atoms with E-state index in [0.29, 0.717) is 5.56 Å². The number of halogens is 2. The molecule has 1 N–H and O–H groups in total. The van der Waals surface area contributed by atoms with Crippen LogP contribution in [0, 0.1) is 23.0 Å². The van der Waals surface area contributed by atoms with Gasteiger partial charge in [-0.1, -0.05) is 18.2 Å². The minimum Gasteiger partial charge on any atom is -0.319 e. The molecule has 1 fully saturated rings. The number of amides is 3. The Morgan fingerprint density at radius 2 is 1.84 bits per heavy atom. The quantitative estimate of drug-likeness (QED) is 0.873. The second-order valence-corrected chi connectivity index (χ2v) is 5.87. The van der Waals surface area contributed by atoms with Gasteiger partial charge in [0, 0.05) is 5.56 Å². The SMILES string of the molecule is C[C@]1(c2ccc(F)cc2)NC(=O)N(Cc2ccc(C#N)cc2F)C1=O. The molecule has 0 radical (unpaired) electrons. The highest BCUT2D eigenvalue weighted by molar-refractivity contribution is 6.07. The van der Waals surface area contributed by atoms with Crippen LogP contribution in [0.4, 0.5) is 13.6 Å². The van der Waals surface area contributed by atoms with Gasteiger partial charge in [0.05, 0.1) is 18.2 Å². The minimum absolute atomic E-state index is 0.117. The Hall–Kier alpha value is -3.27. The fourth-order valence-electron chi connectivity index (χ4n) is 2.73. The van der Waals surface area contributed by atoms with Crippen molar-refractivity contribution in [3.63, 3.8) is 0 Å². The van der Waals surface area contributed by atoms with Crippen molar-refractivity contribution in [3.8, 4) is 6.07 Å². The number of urea groups is 1. The Kier molecular flexibility index (Phi) is 3.97. The monoisotopic (exact) mass is 341 g/mol. The zero-order chi connectivity index (χ0) is 18.2. The first-order chi connectivity index (χ1) is 11.8. The van der Waals surface area contributed by atoms with Crippen LogP contribution < -0.4 is 5.32 Å². The van der Waals surface area contributed by atoms with Crippen LogP contribution in [0.25, 0.3) is 0 Å². The van der Waals surface area contributed by atoms with Gasteiger partial charge in [-0.25, -0.2) is 13.6 Å². The summed E-state index contributed by atoms with van der Waals surface area (Å²) in [5, 5.41) is 11.3. The van der Waals surface area contributed by atoms with Gasteiger partial charge in [0.2, 0.25) is 0 Å². The molecule has 0 aliphatic carbocycles. The zero-order valence-electron chi connectivity index (χ0n) is 13.2. The summed E-state index contributed by atoms with van der Waals surface area (Å²) in [5.41, 5.74) is -0.663. The Balaban J connectivity index is 1.89. The third-order valence-electron chi connectivity index (χ3n) is 4.21. The predicted octanol–water partition coefficient (Wildman–Crippen LogP) is 2.80. The third-order valence-corrected chi connectivity index (χ3v) is 4.21. The van der Waals surface area contributed by atoms with Crippen molar-refractivity contribution in [3.05, 3.63) is 70.8 Å². The molecule has 2 aromatic carbocycles. The van der Waals surface area contributed by atoms with Crippen molar-refractivity contribution >= 4 is 11.9 Å². The van der Waals surface area contributed by atoms with Crippen LogP contribution >= 0.6 is 0 Å². The average Bonchev–Trinajstić information content (AvgIpc) is 2.81. The largest absolute Gasteiger partial charge is 0.325 e. The normalized spacial score (nSPS) is 19.7. The van der Waals surface area contributed by atoms with Gasteiger partial charge < -0.3 is 5.32 Å². The standard InChI is InChI=1S/C18H13F2N3O2/c1-18(13-4-6-14(19)7-5-13)16(24)23(17(25)22-18)10-12-3-2-11(9-21)8-15(12)20/h2-8H,10H2,1H3,(H,22,25)/t18-/m1/s1. The summed E-state index contributed by atoms with van der Waals surface area (Å²) in [6.45, 7) is 1.24. The van der Waals surface area contributed by atoms with Crippen LogP contribution in [-0.2, 0) is 16.9 Å². The number of carbonyl (C=O) groups excluding carboxylic acids is 2. The molecule has 0 spiro atoms. The van der Waals surface area contributed by atoms with E-state index in [9.17, 15) is 18.4 Å². The number of benzene rings is 2. The number of imide groups is 1. The van der Waals surface area contributed by atoms with E-state index in [1.807, 2.05) is 6.07 Å². The van der Waals surface area contributed by atoms with E-state index in [1.165, 1.54) is 43.3 Å². The van der Waals surface area contributed by atoms with Gasteiger partial charge in [-0.05, 0) is 36.8 Å². The van der Waals surface area contributed by atoms with Crippen LogP contribution in [-0.4, -0.2) is 16.8 Å². The van der Waals surface area contributed by atoms with Crippen molar-refractivity contribution in [2.75, 3.05) is 0 Å². The number of nitrogens with zero attached hydrogens (tertiary/aromatic N) is 2. The van der Waals surface area contributed by atoms with Crippen molar-refractivity contribution in [2.24, 2.45) is 0 Å². The fraction of sp³-hybridized carbons (Fsp3) is 0.167. The van der Waals surface area contributed by atoms with Crippen molar-refractivity contribution in [1.82, 2.24) is 10.2 Å². The molecule has 1 aliphatic rings. The molecule has 1 atom stereocenters. The minimum atomic E-state index is -1.35. The van der Waals surface area contributed by atoms with Gasteiger partial charge in [-0.15, -0.1) is 0 Å². The van der Waals surface area contributed by atoms with Crippen molar-refractivity contribution < 1.29 is 18.4 Å². The lowest BCUT2D eigenvalue weighted by atomic mass is 9.92. The molecule has 1 heterocycles. The molecule has 3 rings (SSSR count). The summed E-state index contributed by atoms with van der Waals surface area (Å²) in [4.78, 5) is 25.9. The lowest BCUT2D eigenvalue weighted by Crippen LogP contribution is -2.40. The molecule has 2 aromatic rings. The van der Waals surface area contributed by atoms with Gasteiger partial charge in [-0.3, -0.25) is 9.69 Å². The number of nitriles is 1. The maximum absolute atomic E-state index is 14.0. The Morgan fingerprint density at radius 1 is 1.16 bits per heavy atom. The molecule has 1 aliphatic heterocycles. The first kappa shape index (κ1) is 16.6. The molecular weight excluding hydrogens is 328 g/mol. The van der Waals surface area contributed by atoms with Crippen molar-refractivity contribution in [2.45, 2.75) is 19.0 Å². The van der Waals surface area contributed by atoms with E-state index >= 15 is 0 Å². The summed E-state index contributed by atoms with van der Waals surface area (Å²) in [7, 11) is 0. The summed E-state index contributed by atoms with van der Waals surface area (Å²) in [6.07, 6.45) is 0. The summed E-state index contributed by atoms with van der Waals surface area (Å²) in [6, 6.07) is 10.2. The van der Waals surface area contributed by atoms with Gasteiger partial charge in [0.1, 0.15) is 17.2 Å². The van der Waals surface area contributed by atoms with Crippen LogP contribution in [0.1, 0.15) is 23.6 Å². The van der Waals surface area contributed by atoms with Crippen molar-refractivity contribution in [1.29, 1.82) is 5.26 Å². The third kappa shape index (κ3) is 2.83. The van der Waals surface area contributed by atoms with Gasteiger partial charge >= 0.3 is 6.03 Å². The summed E-state index contributed by atoms with van der Waals surface area (Å²) < 4.78 is 27.1. The molecule has 0 bridgehead atoms. The smallest absolute Gasteiger partial charge is 0.319 e. The number of nitrogens with one attached hydrogen (secondary N) is 1. The van der Waals surface area contributed by atoms with E-state index in [-0.39, 0.29) is 17.7 Å². The highest BCUT2D eigenvalue weighted by atomic mass is 19.1. The molecule has 0 saturated carbocycles. The van der Waals surface area contributed by atoms with Crippen LogP contribution in [0.2, 0.25) is 0 Å². The topological polar surface area (TPSA) is 73.2 Å². The highest BCUT2D eigenvalue weighted by Gasteiger charge is 2.49. The number of rotatable bonds is 3. The molecule has 7 heteroatoms. The molecule has 1 saturated heterocycles. The summed E-state index contributed by atoms with van der Waals surface area (Å²) in [5.74, 6) is -1.69. The van der Waals surface area contributed by atoms with Crippen LogP contribution in [0.5, 0.6) is 0 Å². The number of carbonyl (C=O) groups is 2. The average molecular weight is 341 g/mol. The lowest BCUT2D eigenvalue weighted by Gasteiger charge is -2.22. The predicted molar refractivity (Wildman–Crippen MR) is 83.9 cm³/mol. The van der Waals surface area contributed by atoms with E-state index in [1.54, 1.807) is 0 Å². The van der Waals surface area contributed by atoms with E-state index < -0.39 is 29.1 Å². The second kappa shape index (κ2) is 5.98. The molecule has 126 valence electrons. The van der Waals surface area contributed by atoms with E-state index in [4.69, 9.17) is 5.26 Å². The molecule has 0 unspecified atom stereocenters. The molecular formula is C18H13F2N3O2. The van der Waals surface area contributed by atoms with Gasteiger partial charge in [-0.2, -0.15) is 5.26 Å². The van der Waals surface area contributed by atoms with Crippen LogP contribution in [0.3, 0.4) is 0 Å². The number of hydrogen-bond acceptors (Lipinski definition) is 3. The Morgan fingerprint density at radius 3 is 2.44 bits per heavy atom. The highest BCUT2D eigenvalue weighted by Crippen LogP contribution is 2.30. The van der Waals surface area contributed by atoms with E-state index in [0.717, 1.165) is 11.0 Å². The first-order valence-corrected chi connectivity index (χ1v) is 7.44.